The van der Waals surface area contributed by atoms with Gasteiger partial charge in [0.1, 0.15) is 6.10 Å². The Bertz CT molecular complexity index is 450. The van der Waals surface area contributed by atoms with Crippen molar-refractivity contribution < 1.29 is 4.74 Å². The Morgan fingerprint density at radius 2 is 2.14 bits per heavy atom. The van der Waals surface area contributed by atoms with Gasteiger partial charge >= 0.3 is 0 Å². The number of aromatic nitrogens is 1. The van der Waals surface area contributed by atoms with Crippen molar-refractivity contribution in [2.75, 3.05) is 6.54 Å². The Morgan fingerprint density at radius 1 is 1.38 bits per heavy atom. The lowest BCUT2D eigenvalue weighted by Crippen LogP contribution is -2.28. The van der Waals surface area contributed by atoms with Crippen LogP contribution < -0.4 is 10.1 Å². The molecule has 2 rings (SSSR count). The van der Waals surface area contributed by atoms with Crippen LogP contribution in [0.3, 0.4) is 0 Å². The van der Waals surface area contributed by atoms with Gasteiger partial charge in [-0.1, -0.05) is 38.8 Å². The summed E-state index contributed by atoms with van der Waals surface area (Å²) in [6.45, 7) is 8.40. The zero-order valence-electron chi connectivity index (χ0n) is 13.4. The third-order valence-electron chi connectivity index (χ3n) is 4.08. The molecule has 1 saturated carbocycles. The molecule has 2 unspecified atom stereocenters. The molecule has 0 aromatic carbocycles. The third kappa shape index (κ3) is 5.15. The summed E-state index contributed by atoms with van der Waals surface area (Å²) in [7, 11) is 0. The van der Waals surface area contributed by atoms with Gasteiger partial charge in [0.05, 0.1) is 5.02 Å². The van der Waals surface area contributed by atoms with Crippen LogP contribution in [0.1, 0.15) is 52.0 Å². The van der Waals surface area contributed by atoms with Crippen LogP contribution in [0.15, 0.2) is 12.3 Å². The lowest BCUT2D eigenvalue weighted by molar-refractivity contribution is 0.0975. The van der Waals surface area contributed by atoms with Crippen molar-refractivity contribution in [3.63, 3.8) is 0 Å². The van der Waals surface area contributed by atoms with Gasteiger partial charge in [0.2, 0.25) is 5.88 Å². The molecule has 0 bridgehead atoms. The first-order valence-corrected chi connectivity index (χ1v) is 8.46. The fraction of sp³-hybridized carbons (Fsp3) is 0.706. The van der Waals surface area contributed by atoms with E-state index in [1.807, 2.05) is 6.07 Å². The number of halogens is 1. The maximum absolute atomic E-state index is 6.22. The Kier molecular flexibility index (Phi) is 6.31. The summed E-state index contributed by atoms with van der Waals surface area (Å²) < 4.78 is 6.09. The molecule has 1 heterocycles. The molecule has 0 radical (unpaired) electrons. The van der Waals surface area contributed by atoms with Crippen LogP contribution >= 0.6 is 11.6 Å². The zero-order chi connectivity index (χ0) is 15.2. The number of pyridine rings is 1. The Hall–Kier alpha value is -0.800. The molecule has 0 saturated heterocycles. The highest BCUT2D eigenvalue weighted by molar-refractivity contribution is 6.31. The van der Waals surface area contributed by atoms with Crippen molar-refractivity contribution in [3.8, 4) is 5.88 Å². The first-order chi connectivity index (χ1) is 10.1. The smallest absolute Gasteiger partial charge is 0.213 e. The van der Waals surface area contributed by atoms with E-state index in [-0.39, 0.29) is 0 Å². The highest BCUT2D eigenvalue weighted by Crippen LogP contribution is 2.28. The minimum absolute atomic E-state index is 0.295. The summed E-state index contributed by atoms with van der Waals surface area (Å²) in [6, 6.07) is 1.98. The van der Waals surface area contributed by atoms with Crippen molar-refractivity contribution >= 4 is 11.6 Å². The second-order valence-corrected chi connectivity index (χ2v) is 6.96. The lowest BCUT2D eigenvalue weighted by atomic mass is 9.88. The lowest BCUT2D eigenvalue weighted by Gasteiger charge is -2.28. The summed E-state index contributed by atoms with van der Waals surface area (Å²) in [4.78, 5) is 4.33. The molecule has 0 spiro atoms. The monoisotopic (exact) mass is 310 g/mol. The number of ether oxygens (including phenoxy) is 1. The Labute approximate surface area is 133 Å². The largest absolute Gasteiger partial charge is 0.474 e. The molecular weight excluding hydrogens is 284 g/mol. The number of hydrogen-bond acceptors (Lipinski definition) is 3. The highest BCUT2D eigenvalue weighted by Gasteiger charge is 2.23. The van der Waals surface area contributed by atoms with Gasteiger partial charge < -0.3 is 10.1 Å². The van der Waals surface area contributed by atoms with E-state index in [1.165, 1.54) is 19.3 Å². The number of rotatable bonds is 6. The van der Waals surface area contributed by atoms with Crippen LogP contribution in [0.25, 0.3) is 0 Å². The molecule has 1 N–H and O–H groups in total. The van der Waals surface area contributed by atoms with Gasteiger partial charge in [0, 0.05) is 18.8 Å². The average Bonchev–Trinajstić information content (AvgIpc) is 2.44. The normalized spacial score (nSPS) is 22.5. The van der Waals surface area contributed by atoms with E-state index < -0.39 is 0 Å². The van der Waals surface area contributed by atoms with E-state index >= 15 is 0 Å². The maximum atomic E-state index is 6.22. The zero-order valence-corrected chi connectivity index (χ0v) is 14.1. The minimum atomic E-state index is 0.295. The van der Waals surface area contributed by atoms with Crippen molar-refractivity contribution in [2.45, 2.75) is 59.1 Å². The fourth-order valence-electron chi connectivity index (χ4n) is 2.77. The predicted molar refractivity (Wildman–Crippen MR) is 87.8 cm³/mol. The van der Waals surface area contributed by atoms with Crippen molar-refractivity contribution in [3.05, 3.63) is 22.8 Å². The summed E-state index contributed by atoms with van der Waals surface area (Å²) in [5, 5.41) is 4.12. The molecule has 1 aromatic rings. The van der Waals surface area contributed by atoms with Gasteiger partial charge in [-0.2, -0.15) is 0 Å². The summed E-state index contributed by atoms with van der Waals surface area (Å²) in [5.74, 6) is 1.95. The molecule has 1 fully saturated rings. The van der Waals surface area contributed by atoms with Crippen molar-refractivity contribution in [1.82, 2.24) is 10.3 Å². The van der Waals surface area contributed by atoms with Gasteiger partial charge in [-0.05, 0) is 43.2 Å². The maximum Gasteiger partial charge on any atom is 0.213 e. The second-order valence-electron chi connectivity index (χ2n) is 6.56. The van der Waals surface area contributed by atoms with Crippen LogP contribution in [0, 0.1) is 11.8 Å². The van der Waals surface area contributed by atoms with E-state index in [2.05, 4.69) is 31.1 Å². The quantitative estimate of drug-likeness (QED) is 0.843. The predicted octanol–water partition coefficient (Wildman–Crippen LogP) is 4.44. The molecule has 0 amide bonds. The third-order valence-corrected chi connectivity index (χ3v) is 4.42. The molecular formula is C17H27ClN2O. The van der Waals surface area contributed by atoms with E-state index in [0.29, 0.717) is 28.8 Å². The minimum Gasteiger partial charge on any atom is -0.474 e. The second kappa shape index (κ2) is 8.00. The molecule has 21 heavy (non-hydrogen) atoms. The first-order valence-electron chi connectivity index (χ1n) is 8.08. The van der Waals surface area contributed by atoms with Gasteiger partial charge in [-0.15, -0.1) is 0 Å². The summed E-state index contributed by atoms with van der Waals surface area (Å²) >= 11 is 6.22. The van der Waals surface area contributed by atoms with E-state index in [9.17, 15) is 0 Å². The number of nitrogens with one attached hydrogen (secondary N) is 1. The van der Waals surface area contributed by atoms with Crippen LogP contribution in [-0.4, -0.2) is 17.6 Å². The molecule has 1 aromatic heterocycles. The fourth-order valence-corrected chi connectivity index (χ4v) is 2.94. The number of hydrogen-bond donors (Lipinski definition) is 1. The topological polar surface area (TPSA) is 34.1 Å². The van der Waals surface area contributed by atoms with Gasteiger partial charge in [0.25, 0.3) is 0 Å². The molecule has 2 atom stereocenters. The SMILES string of the molecule is CC(C)CNCc1cc(OC2CCCCC2C)ncc1Cl. The van der Waals surface area contributed by atoms with Crippen molar-refractivity contribution in [1.29, 1.82) is 0 Å². The van der Waals surface area contributed by atoms with Crippen molar-refractivity contribution in [2.24, 2.45) is 11.8 Å². The number of nitrogens with zero attached hydrogens (tertiary/aromatic N) is 1. The van der Waals surface area contributed by atoms with Gasteiger partial charge in [0.15, 0.2) is 0 Å². The summed E-state index contributed by atoms with van der Waals surface area (Å²) in [5.41, 5.74) is 1.06. The van der Waals surface area contributed by atoms with E-state index in [0.717, 1.165) is 25.1 Å². The summed E-state index contributed by atoms with van der Waals surface area (Å²) in [6.07, 6.45) is 6.96. The molecule has 0 aliphatic heterocycles. The standard InChI is InChI=1S/C17H27ClN2O/c1-12(2)9-19-10-14-8-17(20-11-15(14)18)21-16-7-5-4-6-13(16)3/h8,11-13,16,19H,4-7,9-10H2,1-3H3. The van der Waals surface area contributed by atoms with Crippen LogP contribution in [0.4, 0.5) is 0 Å². The van der Waals surface area contributed by atoms with Crippen LogP contribution in [-0.2, 0) is 6.54 Å². The van der Waals surface area contributed by atoms with Gasteiger partial charge in [-0.3, -0.25) is 0 Å². The molecule has 3 nitrogen and oxygen atoms in total. The van der Waals surface area contributed by atoms with Crippen LogP contribution in [0.5, 0.6) is 5.88 Å². The Balaban J connectivity index is 1.97. The molecule has 118 valence electrons. The first kappa shape index (κ1) is 16.6. The van der Waals surface area contributed by atoms with Crippen LogP contribution in [0.2, 0.25) is 5.02 Å². The van der Waals surface area contributed by atoms with E-state index in [1.54, 1.807) is 6.20 Å². The van der Waals surface area contributed by atoms with Gasteiger partial charge in [-0.25, -0.2) is 4.98 Å². The molecule has 1 aliphatic rings. The molecule has 4 heteroatoms. The molecule has 1 aliphatic carbocycles. The van der Waals surface area contributed by atoms with E-state index in [4.69, 9.17) is 16.3 Å². The average molecular weight is 311 g/mol. The Morgan fingerprint density at radius 3 is 2.86 bits per heavy atom. The highest BCUT2D eigenvalue weighted by atomic mass is 35.5.